The largest absolute Gasteiger partial charge is 0.480 e. The molecule has 0 aliphatic carbocycles. The van der Waals surface area contributed by atoms with Crippen molar-refractivity contribution in [2.45, 2.75) is 25.6 Å². The maximum Gasteiger partial charge on any atom is 0.420 e. The summed E-state index contributed by atoms with van der Waals surface area (Å²) in [7, 11) is 0. The molecule has 0 radical (unpaired) electrons. The number of aromatic nitrogens is 3. The molecule has 4 rings (SSSR count). The van der Waals surface area contributed by atoms with E-state index in [-0.39, 0.29) is 19.5 Å². The third-order valence-corrected chi connectivity index (χ3v) is 4.37. The Bertz CT molecular complexity index is 1030. The Morgan fingerprint density at radius 1 is 1.36 bits per heavy atom. The number of benzene rings is 1. The number of aromatic amines is 1. The minimum atomic E-state index is -1.11. The Morgan fingerprint density at radius 3 is 2.96 bits per heavy atom. The smallest absolute Gasteiger partial charge is 0.420 e. The first-order chi connectivity index (χ1) is 12.0. The van der Waals surface area contributed by atoms with Gasteiger partial charge < -0.3 is 19.4 Å². The standard InChI is InChI=1S/C16H14N4O5/c21-14(7-20-11-3-1-2-4-13(11)25-16(20)24)19-6-10-9(17-8-18-10)5-12(19)15(22)23/h1-4,8,12H,5-7H2,(H,17,18)(H,22,23)/t12-/m1/s1. The Kier molecular flexibility index (Phi) is 3.41. The van der Waals surface area contributed by atoms with E-state index in [0.29, 0.717) is 22.5 Å². The molecule has 1 aromatic carbocycles. The van der Waals surface area contributed by atoms with Gasteiger partial charge in [-0.25, -0.2) is 14.6 Å². The summed E-state index contributed by atoms with van der Waals surface area (Å²) >= 11 is 0. The van der Waals surface area contributed by atoms with Gasteiger partial charge >= 0.3 is 11.7 Å². The Labute approximate surface area is 140 Å². The number of oxazole rings is 1. The number of nitrogens with zero attached hydrogens (tertiary/aromatic N) is 3. The summed E-state index contributed by atoms with van der Waals surface area (Å²) in [6, 6.07) is 5.75. The molecule has 128 valence electrons. The van der Waals surface area contributed by atoms with E-state index in [1.807, 2.05) is 0 Å². The molecule has 9 heteroatoms. The highest BCUT2D eigenvalue weighted by atomic mass is 16.4. The number of carbonyl (C=O) groups is 2. The van der Waals surface area contributed by atoms with Crippen LogP contribution in [0.2, 0.25) is 0 Å². The van der Waals surface area contributed by atoms with Gasteiger partial charge in [0.1, 0.15) is 12.6 Å². The summed E-state index contributed by atoms with van der Waals surface area (Å²) in [5.41, 5.74) is 2.22. The normalized spacial score (nSPS) is 16.8. The summed E-state index contributed by atoms with van der Waals surface area (Å²) in [6.07, 6.45) is 1.60. The van der Waals surface area contributed by atoms with Crippen molar-refractivity contribution in [2.24, 2.45) is 0 Å². The van der Waals surface area contributed by atoms with Crippen LogP contribution in [0.4, 0.5) is 0 Å². The fourth-order valence-electron chi connectivity index (χ4n) is 3.11. The number of H-pyrrole nitrogens is 1. The van der Waals surface area contributed by atoms with Gasteiger partial charge in [-0.2, -0.15) is 0 Å². The van der Waals surface area contributed by atoms with E-state index in [2.05, 4.69) is 9.97 Å². The molecule has 0 unspecified atom stereocenters. The summed E-state index contributed by atoms with van der Waals surface area (Å²) in [6.45, 7) is -0.182. The number of imidazole rings is 1. The quantitative estimate of drug-likeness (QED) is 0.708. The van der Waals surface area contributed by atoms with Gasteiger partial charge in [-0.05, 0) is 12.1 Å². The van der Waals surface area contributed by atoms with Crippen LogP contribution in [-0.2, 0) is 29.1 Å². The van der Waals surface area contributed by atoms with E-state index in [4.69, 9.17) is 4.42 Å². The summed E-state index contributed by atoms with van der Waals surface area (Å²) in [5.74, 6) is -2.23. The van der Waals surface area contributed by atoms with Crippen molar-refractivity contribution < 1.29 is 19.1 Å². The average Bonchev–Trinajstić information content (AvgIpc) is 3.17. The predicted molar refractivity (Wildman–Crippen MR) is 84.7 cm³/mol. The van der Waals surface area contributed by atoms with Crippen LogP contribution in [0.5, 0.6) is 0 Å². The molecule has 0 spiro atoms. The minimum absolute atomic E-state index is 0.107. The molecule has 2 N–H and O–H groups in total. The number of aliphatic carboxylic acids is 1. The van der Waals surface area contributed by atoms with Crippen molar-refractivity contribution in [1.29, 1.82) is 0 Å². The highest BCUT2D eigenvalue weighted by molar-refractivity contribution is 5.85. The van der Waals surface area contributed by atoms with Gasteiger partial charge in [0, 0.05) is 6.42 Å². The fraction of sp³-hybridized carbons (Fsp3) is 0.250. The highest BCUT2D eigenvalue weighted by Crippen LogP contribution is 2.22. The zero-order chi connectivity index (χ0) is 17.6. The lowest BCUT2D eigenvalue weighted by Crippen LogP contribution is -2.50. The molecule has 0 bridgehead atoms. The number of hydrogen-bond donors (Lipinski definition) is 2. The highest BCUT2D eigenvalue weighted by Gasteiger charge is 2.36. The first kappa shape index (κ1) is 15.2. The van der Waals surface area contributed by atoms with Crippen LogP contribution >= 0.6 is 0 Å². The van der Waals surface area contributed by atoms with Crippen molar-refractivity contribution in [1.82, 2.24) is 19.4 Å². The summed E-state index contributed by atoms with van der Waals surface area (Å²) in [4.78, 5) is 44.6. The molecule has 2 aromatic heterocycles. The number of carboxylic acids is 1. The zero-order valence-electron chi connectivity index (χ0n) is 13.0. The van der Waals surface area contributed by atoms with E-state index < -0.39 is 23.7 Å². The van der Waals surface area contributed by atoms with Crippen LogP contribution in [0.3, 0.4) is 0 Å². The molecule has 0 fully saturated rings. The van der Waals surface area contributed by atoms with Gasteiger partial charge in [-0.15, -0.1) is 0 Å². The van der Waals surface area contributed by atoms with Crippen molar-refractivity contribution >= 4 is 23.0 Å². The molecule has 1 aliphatic heterocycles. The van der Waals surface area contributed by atoms with Crippen LogP contribution < -0.4 is 5.76 Å². The number of amides is 1. The SMILES string of the molecule is O=C(O)[C@H]1Cc2nc[nH]c2CN1C(=O)Cn1c(=O)oc2ccccc21. The number of carboxylic acid groups (broad SMARTS) is 1. The van der Waals surface area contributed by atoms with Gasteiger partial charge in [0.15, 0.2) is 5.58 Å². The number of carbonyl (C=O) groups excluding carboxylic acids is 1. The van der Waals surface area contributed by atoms with E-state index in [0.717, 1.165) is 0 Å². The lowest BCUT2D eigenvalue weighted by atomic mass is 10.0. The van der Waals surface area contributed by atoms with Crippen molar-refractivity contribution in [2.75, 3.05) is 0 Å². The molecule has 3 heterocycles. The Morgan fingerprint density at radius 2 is 2.16 bits per heavy atom. The minimum Gasteiger partial charge on any atom is -0.480 e. The maximum absolute atomic E-state index is 12.7. The lowest BCUT2D eigenvalue weighted by molar-refractivity contribution is -0.151. The van der Waals surface area contributed by atoms with Crippen LogP contribution in [-0.4, -0.2) is 42.5 Å². The molecule has 0 saturated carbocycles. The Balaban J connectivity index is 1.66. The predicted octanol–water partition coefficient (Wildman–Crippen LogP) is 0.356. The first-order valence-electron chi connectivity index (χ1n) is 7.66. The van der Waals surface area contributed by atoms with Gasteiger partial charge in [0.05, 0.1) is 29.8 Å². The Hall–Kier alpha value is -3.36. The monoisotopic (exact) mass is 342 g/mol. The van der Waals surface area contributed by atoms with Crippen molar-refractivity contribution in [3.63, 3.8) is 0 Å². The first-order valence-corrected chi connectivity index (χ1v) is 7.66. The number of fused-ring (bicyclic) bond motifs is 2. The maximum atomic E-state index is 12.7. The molecule has 0 saturated heterocycles. The molecular weight excluding hydrogens is 328 g/mol. The topological polar surface area (TPSA) is 121 Å². The van der Waals surface area contributed by atoms with Crippen LogP contribution in [0, 0.1) is 0 Å². The third-order valence-electron chi connectivity index (χ3n) is 4.37. The molecule has 1 atom stereocenters. The van der Waals surface area contributed by atoms with E-state index in [1.54, 1.807) is 24.3 Å². The van der Waals surface area contributed by atoms with E-state index in [1.165, 1.54) is 15.8 Å². The molecule has 1 aliphatic rings. The van der Waals surface area contributed by atoms with E-state index >= 15 is 0 Å². The number of nitrogens with one attached hydrogen (secondary N) is 1. The van der Waals surface area contributed by atoms with Gasteiger partial charge in [-0.1, -0.05) is 12.1 Å². The summed E-state index contributed by atoms with van der Waals surface area (Å²) in [5, 5.41) is 9.45. The lowest BCUT2D eigenvalue weighted by Gasteiger charge is -2.32. The zero-order valence-corrected chi connectivity index (χ0v) is 13.0. The second kappa shape index (κ2) is 5.62. The average molecular weight is 342 g/mol. The molecule has 3 aromatic rings. The molecular formula is C16H14N4O5. The third kappa shape index (κ3) is 2.49. The number of para-hydroxylation sites is 2. The van der Waals surface area contributed by atoms with E-state index in [9.17, 15) is 19.5 Å². The van der Waals surface area contributed by atoms with Gasteiger partial charge in [-0.3, -0.25) is 9.36 Å². The fourth-order valence-corrected chi connectivity index (χ4v) is 3.11. The van der Waals surface area contributed by atoms with Gasteiger partial charge in [0.2, 0.25) is 5.91 Å². The molecule has 1 amide bonds. The molecule has 25 heavy (non-hydrogen) atoms. The van der Waals surface area contributed by atoms with Gasteiger partial charge in [0.25, 0.3) is 0 Å². The van der Waals surface area contributed by atoms with Crippen molar-refractivity contribution in [3.05, 3.63) is 52.5 Å². The van der Waals surface area contributed by atoms with Crippen LogP contribution in [0.25, 0.3) is 11.1 Å². The molecule has 9 nitrogen and oxygen atoms in total. The number of rotatable bonds is 3. The summed E-state index contributed by atoms with van der Waals surface area (Å²) < 4.78 is 6.32. The number of hydrogen-bond acceptors (Lipinski definition) is 5. The second-order valence-corrected chi connectivity index (χ2v) is 5.83. The van der Waals surface area contributed by atoms with Crippen molar-refractivity contribution in [3.8, 4) is 0 Å². The second-order valence-electron chi connectivity index (χ2n) is 5.83. The van der Waals surface area contributed by atoms with Crippen LogP contribution in [0.1, 0.15) is 11.4 Å². The van der Waals surface area contributed by atoms with Crippen LogP contribution in [0.15, 0.2) is 39.8 Å².